The summed E-state index contributed by atoms with van der Waals surface area (Å²) >= 11 is 5.99. The van der Waals surface area contributed by atoms with Crippen LogP contribution in [0.2, 0.25) is 5.02 Å². The van der Waals surface area contributed by atoms with Gasteiger partial charge in [-0.1, -0.05) is 23.7 Å². The number of halogens is 4. The van der Waals surface area contributed by atoms with Crippen LogP contribution in [0, 0.1) is 0 Å². The molecule has 4 rings (SSSR count). The average Bonchev–Trinajstić information content (AvgIpc) is 2.86. The number of urea groups is 1. The molecule has 0 spiro atoms. The Morgan fingerprint density at radius 2 is 1.59 bits per heavy atom. The number of anilines is 3. The molecule has 2 aromatic heterocycles. The maximum Gasteiger partial charge on any atom is 0.416 e. The third-order valence-corrected chi connectivity index (χ3v) is 5.08. The predicted octanol–water partition coefficient (Wildman–Crippen LogP) is 6.24. The summed E-state index contributed by atoms with van der Waals surface area (Å²) in [5.41, 5.74) is 6.47. The van der Waals surface area contributed by atoms with Crippen molar-refractivity contribution in [2.75, 3.05) is 23.5 Å². The number of methoxy groups -OCH3 is 1. The van der Waals surface area contributed by atoms with E-state index >= 15 is 0 Å². The van der Waals surface area contributed by atoms with Gasteiger partial charge in [0.25, 0.3) is 0 Å². The molecule has 9 nitrogen and oxygen atoms in total. The van der Waals surface area contributed by atoms with Gasteiger partial charge in [-0.05, 0) is 35.9 Å². The van der Waals surface area contributed by atoms with Gasteiger partial charge in [0.05, 0.1) is 35.8 Å². The molecule has 37 heavy (non-hydrogen) atoms. The summed E-state index contributed by atoms with van der Waals surface area (Å²) in [4.78, 5) is 24.3. The molecule has 2 amide bonds. The molecular weight excluding hydrogens is 513 g/mol. The lowest BCUT2D eigenvalue weighted by Gasteiger charge is -2.13. The summed E-state index contributed by atoms with van der Waals surface area (Å²) in [6, 6.07) is 10.7. The Balaban J connectivity index is 1.38. The fraction of sp³-hybridized carbons (Fsp3) is 0.0833. The van der Waals surface area contributed by atoms with Crippen LogP contribution < -0.4 is 25.8 Å². The zero-order valence-corrected chi connectivity index (χ0v) is 19.8. The Labute approximate surface area is 213 Å². The van der Waals surface area contributed by atoms with Gasteiger partial charge in [0.15, 0.2) is 0 Å². The number of benzene rings is 2. The molecule has 190 valence electrons. The van der Waals surface area contributed by atoms with Gasteiger partial charge in [0, 0.05) is 23.5 Å². The van der Waals surface area contributed by atoms with E-state index < -0.39 is 17.8 Å². The summed E-state index contributed by atoms with van der Waals surface area (Å²) in [7, 11) is 1.22. The van der Waals surface area contributed by atoms with Crippen molar-refractivity contribution in [2.24, 2.45) is 0 Å². The normalized spacial score (nSPS) is 11.1. The molecule has 0 saturated carbocycles. The fourth-order valence-electron chi connectivity index (χ4n) is 3.17. The number of pyridine rings is 1. The minimum absolute atomic E-state index is 0.00487. The number of hydrogen-bond acceptors (Lipinski definition) is 7. The van der Waals surface area contributed by atoms with Crippen LogP contribution in [0.25, 0.3) is 11.1 Å². The van der Waals surface area contributed by atoms with Crippen LogP contribution in [-0.2, 0) is 6.18 Å². The molecule has 0 radical (unpaired) electrons. The average molecular weight is 531 g/mol. The van der Waals surface area contributed by atoms with Crippen molar-refractivity contribution in [3.05, 3.63) is 77.7 Å². The first-order chi connectivity index (χ1) is 17.6. The summed E-state index contributed by atoms with van der Waals surface area (Å²) in [5, 5.41) is 5.20. The van der Waals surface area contributed by atoms with Gasteiger partial charge >= 0.3 is 18.2 Å². The first-order valence-electron chi connectivity index (χ1n) is 10.5. The number of carbonyl (C=O) groups is 1. The first-order valence-corrected chi connectivity index (χ1v) is 10.8. The van der Waals surface area contributed by atoms with Crippen molar-refractivity contribution < 1.29 is 27.4 Å². The monoisotopic (exact) mass is 530 g/mol. The van der Waals surface area contributed by atoms with E-state index in [-0.39, 0.29) is 23.1 Å². The molecule has 0 bridgehead atoms. The Hall–Kier alpha value is -4.58. The van der Waals surface area contributed by atoms with Crippen LogP contribution >= 0.6 is 11.6 Å². The number of nitrogen functional groups attached to an aromatic ring is 1. The number of amides is 2. The molecule has 2 aromatic carbocycles. The summed E-state index contributed by atoms with van der Waals surface area (Å²) in [6.07, 6.45) is -0.589. The van der Waals surface area contributed by atoms with Crippen LogP contribution in [0.3, 0.4) is 0 Å². The standard InChI is InChI=1S/C24H18ClF3N6O3/c1-36-19-7-14(24(26,27)28)6-16(9-19)33-22(35)34-17-11-31-23(32-12-17)37-18-4-2-13(3-5-18)20-8-15(25)10-30-21(20)29/h2-12H,1H3,(H2,29,30)(H2,33,34,35). The van der Waals surface area contributed by atoms with Gasteiger partial charge in [0.1, 0.15) is 17.3 Å². The Kier molecular flexibility index (Phi) is 7.30. The van der Waals surface area contributed by atoms with E-state index in [4.69, 9.17) is 26.8 Å². The van der Waals surface area contributed by atoms with Crippen molar-refractivity contribution in [2.45, 2.75) is 6.18 Å². The second-order valence-electron chi connectivity index (χ2n) is 7.49. The Bertz CT molecular complexity index is 1420. The van der Waals surface area contributed by atoms with Crippen LogP contribution in [0.5, 0.6) is 17.5 Å². The van der Waals surface area contributed by atoms with E-state index in [1.807, 2.05) is 0 Å². The van der Waals surface area contributed by atoms with E-state index in [0.717, 1.165) is 17.7 Å². The SMILES string of the molecule is COc1cc(NC(=O)Nc2cnc(Oc3ccc(-c4cc(Cl)cnc4N)cc3)nc2)cc(C(F)(F)F)c1. The second kappa shape index (κ2) is 10.6. The molecule has 0 fully saturated rings. The topological polar surface area (TPSA) is 124 Å². The lowest BCUT2D eigenvalue weighted by molar-refractivity contribution is -0.137. The molecular formula is C24H18ClF3N6O3. The quantitative estimate of drug-likeness (QED) is 0.269. The van der Waals surface area contributed by atoms with Gasteiger partial charge in [0.2, 0.25) is 0 Å². The number of ether oxygens (including phenoxy) is 2. The minimum Gasteiger partial charge on any atom is -0.497 e. The number of aromatic nitrogens is 3. The number of hydrogen-bond donors (Lipinski definition) is 3. The summed E-state index contributed by atoms with van der Waals surface area (Å²) in [6.45, 7) is 0. The highest BCUT2D eigenvalue weighted by molar-refractivity contribution is 6.30. The summed E-state index contributed by atoms with van der Waals surface area (Å²) in [5.74, 6) is 0.714. The maximum absolute atomic E-state index is 13.1. The molecule has 4 aromatic rings. The first kappa shape index (κ1) is 25.5. The van der Waals surface area contributed by atoms with E-state index in [0.29, 0.717) is 22.2 Å². The number of nitrogens with zero attached hydrogens (tertiary/aromatic N) is 3. The Morgan fingerprint density at radius 3 is 2.24 bits per heavy atom. The molecule has 0 aliphatic carbocycles. The number of alkyl halides is 3. The third kappa shape index (κ3) is 6.55. The van der Waals surface area contributed by atoms with Crippen molar-refractivity contribution in [3.63, 3.8) is 0 Å². The number of rotatable bonds is 6. The highest BCUT2D eigenvalue weighted by Crippen LogP contribution is 2.34. The van der Waals surface area contributed by atoms with Gasteiger partial charge in [-0.25, -0.2) is 19.7 Å². The highest BCUT2D eigenvalue weighted by Gasteiger charge is 2.31. The Morgan fingerprint density at radius 1 is 0.919 bits per heavy atom. The minimum atomic E-state index is -4.61. The third-order valence-electron chi connectivity index (χ3n) is 4.87. The van der Waals surface area contributed by atoms with Crippen molar-refractivity contribution in [1.29, 1.82) is 0 Å². The molecule has 0 unspecified atom stereocenters. The predicted molar refractivity (Wildman–Crippen MR) is 132 cm³/mol. The van der Waals surface area contributed by atoms with Gasteiger partial charge in [-0.15, -0.1) is 0 Å². The van der Waals surface area contributed by atoms with E-state index in [1.54, 1.807) is 30.3 Å². The van der Waals surface area contributed by atoms with Crippen molar-refractivity contribution in [3.8, 4) is 28.6 Å². The number of carbonyl (C=O) groups excluding carboxylic acids is 1. The lowest BCUT2D eigenvalue weighted by Crippen LogP contribution is -2.20. The van der Waals surface area contributed by atoms with E-state index in [9.17, 15) is 18.0 Å². The van der Waals surface area contributed by atoms with Crippen LogP contribution in [0.1, 0.15) is 5.56 Å². The zero-order valence-electron chi connectivity index (χ0n) is 19.0. The number of nitrogens with two attached hydrogens (primary N) is 1. The largest absolute Gasteiger partial charge is 0.497 e. The highest BCUT2D eigenvalue weighted by atomic mass is 35.5. The van der Waals surface area contributed by atoms with Gasteiger partial charge in [-0.2, -0.15) is 13.2 Å². The maximum atomic E-state index is 13.1. The summed E-state index contributed by atoms with van der Waals surface area (Å²) < 4.78 is 49.7. The van der Waals surface area contributed by atoms with Crippen molar-refractivity contribution in [1.82, 2.24) is 15.0 Å². The zero-order chi connectivity index (χ0) is 26.6. The molecule has 2 heterocycles. The van der Waals surface area contributed by atoms with Crippen LogP contribution in [0.4, 0.5) is 35.2 Å². The van der Waals surface area contributed by atoms with E-state index in [2.05, 4.69) is 25.6 Å². The molecule has 0 atom stereocenters. The second-order valence-corrected chi connectivity index (χ2v) is 7.93. The lowest BCUT2D eigenvalue weighted by atomic mass is 10.1. The fourth-order valence-corrected chi connectivity index (χ4v) is 3.33. The molecule has 0 aliphatic heterocycles. The van der Waals surface area contributed by atoms with Crippen molar-refractivity contribution >= 4 is 34.8 Å². The smallest absolute Gasteiger partial charge is 0.416 e. The van der Waals surface area contributed by atoms with Gasteiger partial charge in [-0.3, -0.25) is 0 Å². The van der Waals surface area contributed by atoms with Crippen LogP contribution in [-0.4, -0.2) is 28.1 Å². The molecule has 4 N–H and O–H groups in total. The molecule has 13 heteroatoms. The molecule has 0 aliphatic rings. The van der Waals surface area contributed by atoms with E-state index in [1.165, 1.54) is 31.8 Å². The van der Waals surface area contributed by atoms with Crippen LogP contribution in [0.15, 0.2) is 67.1 Å². The number of nitrogens with one attached hydrogen (secondary N) is 2. The molecule has 0 saturated heterocycles. The van der Waals surface area contributed by atoms with Gasteiger partial charge < -0.3 is 25.8 Å².